The zero-order chi connectivity index (χ0) is 15.5. The van der Waals surface area contributed by atoms with Gasteiger partial charge in [-0.1, -0.05) is 30.3 Å². The van der Waals surface area contributed by atoms with Gasteiger partial charge in [0, 0.05) is 0 Å². The number of hydrogen-bond acceptors (Lipinski definition) is 4. The Bertz CT molecular complexity index is 802. The lowest BCUT2D eigenvalue weighted by Crippen LogP contribution is -2.22. The van der Waals surface area contributed by atoms with E-state index in [9.17, 15) is 9.59 Å². The van der Waals surface area contributed by atoms with Crippen molar-refractivity contribution < 1.29 is 14.4 Å². The number of carbonyl (C=O) groups excluding carboxylic acids is 2. The van der Waals surface area contributed by atoms with Crippen LogP contribution in [-0.4, -0.2) is 11.9 Å². The fourth-order valence-electron chi connectivity index (χ4n) is 2.04. The molecule has 2 aromatic carbocycles. The quantitative estimate of drug-likeness (QED) is 0.629. The van der Waals surface area contributed by atoms with Gasteiger partial charge in [-0.25, -0.2) is 4.79 Å². The van der Waals surface area contributed by atoms with Crippen LogP contribution in [0.15, 0.2) is 60.2 Å². The lowest BCUT2D eigenvalue weighted by atomic mass is 10.1. The summed E-state index contributed by atoms with van der Waals surface area (Å²) in [7, 11) is 0. The SMILES string of the molecule is N#Cc1ccc(C=C2C(=O)ON(c3ccccc3)C2=O)cc1. The normalized spacial score (nSPS) is 15.8. The van der Waals surface area contributed by atoms with Crippen molar-refractivity contribution in [2.45, 2.75) is 0 Å². The van der Waals surface area contributed by atoms with Gasteiger partial charge in [-0.2, -0.15) is 5.26 Å². The highest BCUT2D eigenvalue weighted by atomic mass is 16.7. The van der Waals surface area contributed by atoms with Gasteiger partial charge in [0.25, 0.3) is 5.91 Å². The van der Waals surface area contributed by atoms with E-state index in [0.717, 1.165) is 5.06 Å². The molecule has 0 saturated carbocycles. The van der Waals surface area contributed by atoms with Gasteiger partial charge < -0.3 is 4.84 Å². The molecule has 0 aliphatic carbocycles. The van der Waals surface area contributed by atoms with Gasteiger partial charge in [0.15, 0.2) is 0 Å². The molecule has 0 aromatic heterocycles. The van der Waals surface area contributed by atoms with Crippen molar-refractivity contribution >= 4 is 23.6 Å². The van der Waals surface area contributed by atoms with Crippen LogP contribution in [0.4, 0.5) is 5.69 Å². The molecule has 1 aliphatic rings. The largest absolute Gasteiger partial charge is 0.369 e. The van der Waals surface area contributed by atoms with Gasteiger partial charge in [-0.15, -0.1) is 5.06 Å². The summed E-state index contributed by atoms with van der Waals surface area (Å²) < 4.78 is 0. The molecule has 22 heavy (non-hydrogen) atoms. The van der Waals surface area contributed by atoms with Crippen LogP contribution in [0, 0.1) is 11.3 Å². The Morgan fingerprint density at radius 3 is 2.32 bits per heavy atom. The molecule has 0 atom stereocenters. The van der Waals surface area contributed by atoms with Crippen molar-refractivity contribution in [3.63, 3.8) is 0 Å². The maximum atomic E-state index is 12.3. The van der Waals surface area contributed by atoms with Gasteiger partial charge in [0.1, 0.15) is 5.57 Å². The molecule has 5 heteroatoms. The second kappa shape index (κ2) is 5.54. The van der Waals surface area contributed by atoms with Crippen molar-refractivity contribution in [3.8, 4) is 6.07 Å². The third-order valence-electron chi connectivity index (χ3n) is 3.15. The molecule has 1 fully saturated rings. The number of nitriles is 1. The maximum Gasteiger partial charge on any atom is 0.369 e. The minimum Gasteiger partial charge on any atom is -0.327 e. The first-order valence-corrected chi connectivity index (χ1v) is 6.53. The van der Waals surface area contributed by atoms with E-state index in [1.54, 1.807) is 54.6 Å². The number of para-hydroxylation sites is 1. The molecule has 0 spiro atoms. The maximum absolute atomic E-state index is 12.3. The summed E-state index contributed by atoms with van der Waals surface area (Å²) in [6.45, 7) is 0. The van der Waals surface area contributed by atoms with Crippen LogP contribution in [0.25, 0.3) is 6.08 Å². The zero-order valence-corrected chi connectivity index (χ0v) is 11.4. The van der Waals surface area contributed by atoms with Crippen LogP contribution in [-0.2, 0) is 14.4 Å². The third kappa shape index (κ3) is 2.45. The van der Waals surface area contributed by atoms with Crippen molar-refractivity contribution in [1.29, 1.82) is 5.26 Å². The lowest BCUT2D eigenvalue weighted by Gasteiger charge is -2.11. The molecule has 0 unspecified atom stereocenters. The summed E-state index contributed by atoms with van der Waals surface area (Å²) in [5, 5.41) is 9.73. The molecule has 0 radical (unpaired) electrons. The van der Waals surface area contributed by atoms with E-state index in [0.29, 0.717) is 16.8 Å². The minimum absolute atomic E-state index is 0.0476. The van der Waals surface area contributed by atoms with Crippen LogP contribution in [0.2, 0.25) is 0 Å². The van der Waals surface area contributed by atoms with Gasteiger partial charge in [-0.05, 0) is 35.9 Å². The van der Waals surface area contributed by atoms with Crippen molar-refractivity contribution in [3.05, 3.63) is 71.3 Å². The first-order valence-electron chi connectivity index (χ1n) is 6.53. The summed E-state index contributed by atoms with van der Waals surface area (Å²) in [6, 6.07) is 17.2. The van der Waals surface area contributed by atoms with Crippen LogP contribution >= 0.6 is 0 Å². The standard InChI is InChI=1S/C17H10N2O3/c18-11-13-8-6-12(7-9-13)10-15-16(20)19(22-17(15)21)14-4-2-1-3-5-14/h1-10H. The molecular weight excluding hydrogens is 280 g/mol. The molecule has 3 rings (SSSR count). The zero-order valence-electron chi connectivity index (χ0n) is 11.4. The van der Waals surface area contributed by atoms with E-state index < -0.39 is 11.9 Å². The Labute approximate surface area is 126 Å². The number of carbonyl (C=O) groups is 2. The Hall–Kier alpha value is -3.39. The highest BCUT2D eigenvalue weighted by Crippen LogP contribution is 2.25. The Kier molecular flexibility index (Phi) is 3.42. The Morgan fingerprint density at radius 1 is 1.00 bits per heavy atom. The number of anilines is 1. The van der Waals surface area contributed by atoms with E-state index in [4.69, 9.17) is 10.1 Å². The van der Waals surface area contributed by atoms with Gasteiger partial charge in [0.2, 0.25) is 0 Å². The van der Waals surface area contributed by atoms with E-state index in [1.165, 1.54) is 6.08 Å². The van der Waals surface area contributed by atoms with Gasteiger partial charge >= 0.3 is 5.97 Å². The highest BCUT2D eigenvalue weighted by molar-refractivity contribution is 6.28. The summed E-state index contributed by atoms with van der Waals surface area (Å²) in [6.07, 6.45) is 1.45. The number of nitrogens with zero attached hydrogens (tertiary/aromatic N) is 2. The second-order valence-electron chi connectivity index (χ2n) is 4.61. The summed E-state index contributed by atoms with van der Waals surface area (Å²) in [4.78, 5) is 29.2. The summed E-state index contributed by atoms with van der Waals surface area (Å²) >= 11 is 0. The van der Waals surface area contributed by atoms with E-state index >= 15 is 0 Å². The number of benzene rings is 2. The van der Waals surface area contributed by atoms with Crippen LogP contribution in [0.3, 0.4) is 0 Å². The predicted octanol–water partition coefficient (Wildman–Crippen LogP) is 2.45. The van der Waals surface area contributed by atoms with Crippen LogP contribution in [0.5, 0.6) is 0 Å². The molecule has 106 valence electrons. The predicted molar refractivity (Wildman–Crippen MR) is 79.2 cm³/mol. The van der Waals surface area contributed by atoms with Crippen molar-refractivity contribution in [2.75, 3.05) is 5.06 Å². The first kappa shape index (κ1) is 13.6. The summed E-state index contributed by atoms with van der Waals surface area (Å²) in [5.41, 5.74) is 1.60. The van der Waals surface area contributed by atoms with Crippen molar-refractivity contribution in [2.24, 2.45) is 0 Å². The Morgan fingerprint density at radius 2 is 1.68 bits per heavy atom. The molecule has 1 saturated heterocycles. The van der Waals surface area contributed by atoms with E-state index in [-0.39, 0.29) is 5.57 Å². The molecule has 2 aromatic rings. The van der Waals surface area contributed by atoms with Gasteiger partial charge in [0.05, 0.1) is 17.3 Å². The monoisotopic (exact) mass is 290 g/mol. The minimum atomic E-state index is -0.696. The molecule has 1 amide bonds. The van der Waals surface area contributed by atoms with E-state index in [2.05, 4.69) is 0 Å². The fraction of sp³-hybridized carbons (Fsp3) is 0. The van der Waals surface area contributed by atoms with Crippen molar-refractivity contribution in [1.82, 2.24) is 0 Å². The molecule has 1 aliphatic heterocycles. The lowest BCUT2D eigenvalue weighted by molar-refractivity contribution is -0.137. The molecule has 0 N–H and O–H groups in total. The van der Waals surface area contributed by atoms with E-state index in [1.807, 2.05) is 6.07 Å². The second-order valence-corrected chi connectivity index (χ2v) is 4.61. The molecular formula is C17H10N2O3. The average molecular weight is 290 g/mol. The smallest absolute Gasteiger partial charge is 0.327 e. The Balaban J connectivity index is 1.91. The third-order valence-corrected chi connectivity index (χ3v) is 3.15. The number of amides is 1. The molecule has 0 bridgehead atoms. The van der Waals surface area contributed by atoms with Crippen LogP contribution < -0.4 is 5.06 Å². The molecule has 5 nitrogen and oxygen atoms in total. The van der Waals surface area contributed by atoms with Gasteiger partial charge in [-0.3, -0.25) is 4.79 Å². The van der Waals surface area contributed by atoms with Crippen LogP contribution in [0.1, 0.15) is 11.1 Å². The number of hydrogen-bond donors (Lipinski definition) is 0. The topological polar surface area (TPSA) is 70.4 Å². The summed E-state index contributed by atoms with van der Waals surface area (Å²) in [5.74, 6) is -1.21. The number of rotatable bonds is 2. The fourth-order valence-corrected chi connectivity index (χ4v) is 2.04. The number of hydroxylamine groups is 1. The molecule has 1 heterocycles. The highest BCUT2D eigenvalue weighted by Gasteiger charge is 2.37. The average Bonchev–Trinajstić information content (AvgIpc) is 2.84. The first-order chi connectivity index (χ1) is 10.7.